The smallest absolute Gasteiger partial charge is 0.871 e. The number of para-hydroxylation sites is 2. The van der Waals surface area contributed by atoms with Gasteiger partial charge in [0, 0.05) is 12.4 Å². The van der Waals surface area contributed by atoms with Gasteiger partial charge in [-0.2, -0.15) is 0 Å². The summed E-state index contributed by atoms with van der Waals surface area (Å²) in [4.78, 5) is 7.94. The van der Waals surface area contributed by atoms with Crippen molar-refractivity contribution in [2.45, 2.75) is 0 Å². The second-order valence-electron chi connectivity index (χ2n) is 4.66. The van der Waals surface area contributed by atoms with Crippen LogP contribution < -0.4 is 10.2 Å². The molecule has 0 unspecified atom stereocenters. The fraction of sp³-hybridized carbons (Fsp3) is 0. The standard InChI is InChI=1S/2C9H7NO.Cd/c2*11-8-5-1-3-7-4-2-6-10-9(7)8;/h2*1-6,11H;/q;;+2/p-2. The molecule has 2 heterocycles. The monoisotopic (exact) mass is 402 g/mol. The molecule has 0 saturated carbocycles. The van der Waals surface area contributed by atoms with Crippen LogP contribution in [0.2, 0.25) is 0 Å². The molecule has 0 bridgehead atoms. The average molecular weight is 401 g/mol. The van der Waals surface area contributed by atoms with Gasteiger partial charge in [0.05, 0.1) is 11.0 Å². The van der Waals surface area contributed by atoms with Crippen molar-refractivity contribution in [2.75, 3.05) is 0 Å². The Labute approximate surface area is 153 Å². The minimum absolute atomic E-state index is 0. The Morgan fingerprint density at radius 2 is 0.957 bits per heavy atom. The summed E-state index contributed by atoms with van der Waals surface area (Å²) in [5.74, 6) is -0.0220. The van der Waals surface area contributed by atoms with E-state index in [0.29, 0.717) is 11.0 Å². The van der Waals surface area contributed by atoms with E-state index in [-0.39, 0.29) is 38.8 Å². The summed E-state index contributed by atoms with van der Waals surface area (Å²) in [5, 5.41) is 24.0. The Hall–Kier alpha value is -2.22. The van der Waals surface area contributed by atoms with Crippen molar-refractivity contribution < 1.29 is 37.5 Å². The Balaban J connectivity index is 0.000000160. The molecule has 0 spiro atoms. The molecule has 2 aromatic carbocycles. The van der Waals surface area contributed by atoms with Crippen LogP contribution in [0.1, 0.15) is 0 Å². The van der Waals surface area contributed by atoms with Crippen LogP contribution in [0.25, 0.3) is 21.8 Å². The number of pyridine rings is 2. The minimum Gasteiger partial charge on any atom is -0.871 e. The van der Waals surface area contributed by atoms with Gasteiger partial charge in [0.2, 0.25) is 0 Å². The van der Waals surface area contributed by atoms with E-state index in [4.69, 9.17) is 0 Å². The normalized spacial score (nSPS) is 9.74. The molecule has 108 valence electrons. The predicted molar refractivity (Wildman–Crippen MR) is 82.4 cm³/mol. The number of aromatic nitrogens is 2. The van der Waals surface area contributed by atoms with Crippen LogP contribution in [0.3, 0.4) is 0 Å². The zero-order valence-corrected chi connectivity index (χ0v) is 16.4. The summed E-state index contributed by atoms with van der Waals surface area (Å²) in [7, 11) is 0. The molecule has 0 aliphatic rings. The van der Waals surface area contributed by atoms with Gasteiger partial charge >= 0.3 is 27.3 Å². The first kappa shape index (κ1) is 17.1. The quantitative estimate of drug-likeness (QED) is 0.425. The summed E-state index contributed by atoms with van der Waals surface area (Å²) in [6.45, 7) is 0. The predicted octanol–water partition coefficient (Wildman–Crippen LogP) is 2.61. The molecular formula is C18H12CdN2O2. The SMILES string of the molecule is [Cd+2].[O-]c1cccc2cccnc12.[O-]c1cccc2cccnc12. The summed E-state index contributed by atoms with van der Waals surface area (Å²) in [6, 6.07) is 17.7. The molecule has 0 aliphatic heterocycles. The van der Waals surface area contributed by atoms with Gasteiger partial charge in [-0.3, -0.25) is 9.97 Å². The fourth-order valence-corrected chi connectivity index (χ4v) is 2.15. The molecule has 0 fully saturated rings. The van der Waals surface area contributed by atoms with Gasteiger partial charge in [0.25, 0.3) is 0 Å². The number of fused-ring (bicyclic) bond motifs is 2. The maximum absolute atomic E-state index is 11.1. The third-order valence-electron chi connectivity index (χ3n) is 3.19. The Bertz CT molecular complexity index is 841. The molecule has 0 radical (unpaired) electrons. The van der Waals surface area contributed by atoms with Gasteiger partial charge in [0.1, 0.15) is 0 Å². The van der Waals surface area contributed by atoms with Crippen LogP contribution in [0, 0.1) is 0 Å². The topological polar surface area (TPSA) is 71.9 Å². The number of nitrogens with zero attached hydrogens (tertiary/aromatic N) is 2. The van der Waals surface area contributed by atoms with Gasteiger partial charge in [-0.1, -0.05) is 60.0 Å². The second kappa shape index (κ2) is 7.87. The summed E-state index contributed by atoms with van der Waals surface area (Å²) in [6.07, 6.45) is 3.26. The minimum atomic E-state index is -0.0110. The van der Waals surface area contributed by atoms with E-state index in [1.807, 2.05) is 36.4 Å². The van der Waals surface area contributed by atoms with Gasteiger partial charge < -0.3 is 10.2 Å². The Kier molecular flexibility index (Phi) is 5.86. The summed E-state index contributed by atoms with van der Waals surface area (Å²) >= 11 is 0. The van der Waals surface area contributed by atoms with Crippen LogP contribution in [0.5, 0.6) is 11.5 Å². The zero-order chi connectivity index (χ0) is 15.4. The van der Waals surface area contributed by atoms with Crippen molar-refractivity contribution in [3.8, 4) is 11.5 Å². The molecule has 4 aromatic rings. The molecule has 0 N–H and O–H groups in total. The molecule has 4 nitrogen and oxygen atoms in total. The second-order valence-corrected chi connectivity index (χ2v) is 4.66. The van der Waals surface area contributed by atoms with Crippen molar-refractivity contribution in [2.24, 2.45) is 0 Å². The molecule has 0 amide bonds. The third-order valence-corrected chi connectivity index (χ3v) is 3.19. The van der Waals surface area contributed by atoms with Crippen LogP contribution >= 0.6 is 0 Å². The Morgan fingerprint density at radius 3 is 1.35 bits per heavy atom. The molecule has 2 aromatic heterocycles. The van der Waals surface area contributed by atoms with Gasteiger partial charge in [0.15, 0.2) is 0 Å². The van der Waals surface area contributed by atoms with Gasteiger partial charge in [-0.15, -0.1) is 0 Å². The molecule has 0 atom stereocenters. The number of hydrogen-bond acceptors (Lipinski definition) is 4. The van der Waals surface area contributed by atoms with Gasteiger partial charge in [-0.25, -0.2) is 0 Å². The number of hydrogen-bond donors (Lipinski definition) is 0. The Morgan fingerprint density at radius 1 is 0.565 bits per heavy atom. The van der Waals surface area contributed by atoms with Crippen LogP contribution in [-0.4, -0.2) is 9.97 Å². The number of benzene rings is 2. The van der Waals surface area contributed by atoms with Crippen LogP contribution in [0.15, 0.2) is 73.1 Å². The van der Waals surface area contributed by atoms with Crippen molar-refractivity contribution >= 4 is 21.8 Å². The fourth-order valence-electron chi connectivity index (χ4n) is 2.15. The number of rotatable bonds is 0. The van der Waals surface area contributed by atoms with Crippen molar-refractivity contribution in [3.63, 3.8) is 0 Å². The average Bonchev–Trinajstić information content (AvgIpc) is 2.57. The molecule has 5 heteroatoms. The third kappa shape index (κ3) is 3.95. The van der Waals surface area contributed by atoms with Crippen LogP contribution in [0.4, 0.5) is 0 Å². The van der Waals surface area contributed by atoms with E-state index in [2.05, 4.69) is 9.97 Å². The zero-order valence-electron chi connectivity index (χ0n) is 12.3. The first-order valence-electron chi connectivity index (χ1n) is 6.77. The molecule has 0 aliphatic carbocycles. The van der Waals surface area contributed by atoms with E-state index in [1.165, 1.54) is 12.1 Å². The first-order valence-corrected chi connectivity index (χ1v) is 6.77. The van der Waals surface area contributed by atoms with E-state index < -0.39 is 0 Å². The van der Waals surface area contributed by atoms with Crippen molar-refractivity contribution in [1.29, 1.82) is 0 Å². The van der Waals surface area contributed by atoms with Crippen LogP contribution in [-0.2, 0) is 27.3 Å². The maximum atomic E-state index is 11.1. The summed E-state index contributed by atoms with van der Waals surface area (Å²) in [5.41, 5.74) is 1.10. The van der Waals surface area contributed by atoms with E-state index in [1.54, 1.807) is 24.5 Å². The van der Waals surface area contributed by atoms with Crippen molar-refractivity contribution in [1.82, 2.24) is 9.97 Å². The first-order chi connectivity index (χ1) is 10.8. The molecular weight excluding hydrogens is 389 g/mol. The molecule has 0 saturated heterocycles. The summed E-state index contributed by atoms with van der Waals surface area (Å²) < 4.78 is 0. The molecule has 4 rings (SSSR count). The van der Waals surface area contributed by atoms with Gasteiger partial charge in [-0.05, 0) is 22.9 Å². The maximum Gasteiger partial charge on any atom is 2.00 e. The van der Waals surface area contributed by atoms with E-state index in [0.717, 1.165) is 10.8 Å². The van der Waals surface area contributed by atoms with Crippen molar-refractivity contribution in [3.05, 3.63) is 73.1 Å². The largest absolute Gasteiger partial charge is 2.00 e. The van der Waals surface area contributed by atoms with E-state index >= 15 is 0 Å². The molecule has 23 heavy (non-hydrogen) atoms. The van der Waals surface area contributed by atoms with E-state index in [9.17, 15) is 10.2 Å².